The molecular formula is C71H83BBr2NO33S. The van der Waals surface area contributed by atoms with Crippen LogP contribution in [0.4, 0.5) is 0 Å². The van der Waals surface area contributed by atoms with Crippen molar-refractivity contribution in [3.63, 3.8) is 0 Å². The van der Waals surface area contributed by atoms with Gasteiger partial charge >= 0.3 is 96.4 Å². The number of carboxylic acids is 3. The molecule has 0 amide bonds. The summed E-state index contributed by atoms with van der Waals surface area (Å²) >= 11 is 9.49. The minimum absolute atomic E-state index is 0.0403. The number of aliphatic hydroxyl groups excluding tert-OH is 1. The van der Waals surface area contributed by atoms with Crippen LogP contribution < -0.4 is 4.74 Å². The van der Waals surface area contributed by atoms with E-state index in [1.54, 1.807) is 48.5 Å². The van der Waals surface area contributed by atoms with E-state index in [1.807, 2.05) is 0 Å². The summed E-state index contributed by atoms with van der Waals surface area (Å²) in [5, 5.41) is 80.2. The van der Waals surface area contributed by atoms with E-state index in [0.717, 1.165) is 43.5 Å². The van der Waals surface area contributed by atoms with Gasteiger partial charge in [0.1, 0.15) is 62.1 Å². The maximum absolute atomic E-state index is 11.8. The van der Waals surface area contributed by atoms with E-state index in [1.165, 1.54) is 109 Å². The van der Waals surface area contributed by atoms with E-state index in [0.29, 0.717) is 10.0 Å². The van der Waals surface area contributed by atoms with Gasteiger partial charge in [-0.2, -0.15) is 0 Å². The average molecular weight is 1680 g/mol. The monoisotopic (exact) mass is 1680 g/mol. The van der Waals surface area contributed by atoms with Crippen molar-refractivity contribution in [1.29, 1.82) is 0 Å². The average Bonchev–Trinajstić information content (AvgIpc) is 0.970. The molecule has 1 saturated heterocycles. The molecule has 6 aromatic carbocycles. The summed E-state index contributed by atoms with van der Waals surface area (Å²) in [6, 6.07) is 18.6. The van der Waals surface area contributed by atoms with Crippen LogP contribution in [0, 0.1) is 6.92 Å². The van der Waals surface area contributed by atoms with Gasteiger partial charge < -0.3 is 103 Å². The molecule has 1 fully saturated rings. The van der Waals surface area contributed by atoms with Crippen molar-refractivity contribution >= 4 is 124 Å². The maximum atomic E-state index is 11.8. The van der Waals surface area contributed by atoms with E-state index < -0.39 is 82.9 Å². The van der Waals surface area contributed by atoms with E-state index in [4.69, 9.17) is 58.7 Å². The third-order valence-corrected chi connectivity index (χ3v) is 13.6. The number of phenols is 5. The van der Waals surface area contributed by atoms with Crippen LogP contribution in [0.5, 0.6) is 34.5 Å². The number of aromatic carboxylic acids is 3. The van der Waals surface area contributed by atoms with Crippen LogP contribution in [0.3, 0.4) is 0 Å². The Balaban J connectivity index is 0. The van der Waals surface area contributed by atoms with E-state index in [2.05, 4.69) is 80.3 Å². The van der Waals surface area contributed by atoms with Crippen LogP contribution in [0.25, 0.3) is 0 Å². The number of hydrogen-bond donors (Lipinski definition) is 10. The van der Waals surface area contributed by atoms with Crippen LogP contribution in [-0.2, 0) is 52.1 Å². The zero-order chi connectivity index (χ0) is 83.6. The zero-order valence-corrected chi connectivity index (χ0v) is 65.1. The van der Waals surface area contributed by atoms with E-state index in [-0.39, 0.29) is 141 Å². The van der Waals surface area contributed by atoms with Crippen molar-refractivity contribution in [2.75, 3.05) is 95.2 Å². The first-order valence-corrected chi connectivity index (χ1v) is 33.5. The fourth-order valence-electron chi connectivity index (χ4n) is 7.58. The number of carbonyl (C=O) groups is 12. The number of aliphatic hydroxyl groups is 1. The second kappa shape index (κ2) is 55.3. The van der Waals surface area contributed by atoms with Gasteiger partial charge in [-0.1, -0.05) is 0 Å². The Hall–Kier alpha value is -11.2. The van der Waals surface area contributed by atoms with Gasteiger partial charge in [0.05, 0.1) is 104 Å². The molecule has 593 valence electrons. The first kappa shape index (κ1) is 99.9. The summed E-state index contributed by atoms with van der Waals surface area (Å²) < 4.78 is 60.5. The normalized spacial score (nSPS) is 10.2. The summed E-state index contributed by atoms with van der Waals surface area (Å²) in [5.74, 6) is -10.7. The summed E-state index contributed by atoms with van der Waals surface area (Å²) in [7, 11) is 10.6. The molecule has 0 bridgehead atoms. The number of carbonyl (C=O) groups excluding carboxylic acids is 9. The number of esters is 9. The molecule has 38 heteroatoms. The third-order valence-electron chi connectivity index (χ3n) is 12.4. The molecule has 0 aliphatic carbocycles. The van der Waals surface area contributed by atoms with Crippen molar-refractivity contribution in [3.05, 3.63) is 172 Å². The predicted molar refractivity (Wildman–Crippen MR) is 396 cm³/mol. The molecule has 34 nitrogen and oxygen atoms in total. The molecule has 9 N–H and O–H groups in total. The number of phenolic OH excluding ortho intramolecular Hbond substituents is 3. The molecule has 6 aromatic rings. The number of aryl methyl sites for hydroxylation is 1. The van der Waals surface area contributed by atoms with Crippen LogP contribution >= 0.6 is 44.7 Å². The molecule has 0 saturated carbocycles. The first-order chi connectivity index (χ1) is 51.6. The predicted octanol–water partition coefficient (Wildman–Crippen LogP) is 10.6. The number of halogens is 2. The second-order valence-electron chi connectivity index (χ2n) is 19.9. The zero-order valence-electron chi connectivity index (χ0n) is 61.0. The molecule has 0 unspecified atom stereocenters. The summed E-state index contributed by atoms with van der Waals surface area (Å²) in [6.07, 6.45) is 2.56. The summed E-state index contributed by atoms with van der Waals surface area (Å²) in [6.45, 7) is 15.0. The number of carboxylic acid groups (broad SMARTS) is 3. The number of thiol groups is 1. The molecule has 1 radical (unpaired) electrons. The topological polar surface area (TPSA) is 510 Å². The molecule has 0 aromatic heterocycles. The van der Waals surface area contributed by atoms with Gasteiger partial charge in [-0.05, 0) is 190 Å². The Bertz CT molecular complexity index is 3960. The Morgan fingerprint density at radius 2 is 0.716 bits per heavy atom. The number of rotatable bonds is 20. The second-order valence-corrected chi connectivity index (χ2v) is 21.8. The number of methoxy groups -OCH3 is 5. The molecule has 1 aliphatic rings. The van der Waals surface area contributed by atoms with Crippen LogP contribution in [0.1, 0.15) is 184 Å². The standard InChI is InChI=1S/C13H15BrO6.C12H14O5.C11H11BrO5.C11H12O5.C10H10O5.C8H6O5.C4H8O.C2H6O.BHNS/c1-4-19-12(15)8-5-9(13(16)18-3)11(10(14)6-8)20-7-17-2;1-4-17-11(14)8-5-7(2)10(13)9(6-8)12(15)16-3;1-3-17-10(14)6-4-7(11(15)16-2)9(13)8(12)5-6;1-3-16-10(13)7-4-5-9(12)8(6-7)11(14)15-2;1-2-15-10(14)6-3-4-8(11)7(5-6)9(12)13;9-6-2-1-4(7(10)11)3-5(6)8(12)13;1-2-4-5-3-1;2*1-2-3/h5-6H,4,7H2,1-3H3;5-6,13H,4H2,1-3H3;4-5,13H,3H2,1-2H3;4-6,12H,3H2,1-2H3;3-5,11H,2H2,1H3,(H,12,13);1-3,9H,(H,10,11)(H,12,13);1-4H2;3H,2H2,1H3;3H. The van der Waals surface area contributed by atoms with Gasteiger partial charge in [-0.15, -0.1) is 0 Å². The fraction of sp³-hybridized carbons (Fsp3) is 0.324. The quantitative estimate of drug-likeness (QED) is 0.0112. The number of nitrogens with zero attached hydrogens (tertiary/aromatic N) is 1. The van der Waals surface area contributed by atoms with Crippen LogP contribution in [-0.4, -0.2) is 220 Å². The van der Waals surface area contributed by atoms with Gasteiger partial charge in [-0.3, -0.25) is 0 Å². The molecule has 109 heavy (non-hydrogen) atoms. The van der Waals surface area contributed by atoms with Gasteiger partial charge in [0, 0.05) is 26.9 Å². The Kier molecular flexibility index (Phi) is 50.6. The van der Waals surface area contributed by atoms with Crippen LogP contribution in [0.15, 0.2) is 104 Å². The van der Waals surface area contributed by atoms with E-state index >= 15 is 0 Å². The minimum atomic E-state index is -1.36. The Labute approximate surface area is 648 Å². The van der Waals surface area contributed by atoms with E-state index in [9.17, 15) is 78.0 Å². The number of benzene rings is 6. The Morgan fingerprint density at radius 3 is 1.06 bits per heavy atom. The SMILES string of the molecule is C1CCOC1.CCO.CCOC(=O)c1cc(Br)c(O)c(C(=O)OC)c1.CCOC(=O)c1cc(Br)c(OCOC)c(C(=O)OC)c1.CCOC(=O)c1cc(C)c(O)c(C(=O)OC)c1.CCOC(=O)c1ccc(O)c(C(=O)O)c1.CCOC(=O)c1ccc(O)c(C(=O)OC)c1.O=C(O)c1ccc(O)c(C(=O)O)c1.[B]=NS. The van der Waals surface area contributed by atoms with Gasteiger partial charge in [0.15, 0.2) is 12.5 Å². The van der Waals surface area contributed by atoms with Gasteiger partial charge in [0.2, 0.25) is 0 Å². The molecule has 1 heterocycles. The van der Waals surface area contributed by atoms with Gasteiger partial charge in [-0.25, -0.2) is 57.5 Å². The molecule has 0 atom stereocenters. The summed E-state index contributed by atoms with van der Waals surface area (Å²) in [4.78, 5) is 135. The molecule has 0 spiro atoms. The van der Waals surface area contributed by atoms with Gasteiger partial charge in [0.25, 0.3) is 0 Å². The molecule has 1 aliphatic heterocycles. The van der Waals surface area contributed by atoms with Crippen molar-refractivity contribution in [2.45, 2.75) is 61.3 Å². The molecule has 7 rings (SSSR count). The number of aromatic hydroxyl groups is 5. The molecular weight excluding hydrogens is 1600 g/mol. The van der Waals surface area contributed by atoms with Crippen molar-refractivity contribution in [3.8, 4) is 34.5 Å². The Morgan fingerprint density at radius 1 is 0.422 bits per heavy atom. The first-order valence-electron chi connectivity index (χ1n) is 31.5. The van der Waals surface area contributed by atoms with Crippen molar-refractivity contribution in [2.24, 2.45) is 4.30 Å². The fourth-order valence-corrected chi connectivity index (χ4v) is 8.61. The number of ether oxygens (including phenoxy) is 12. The van der Waals surface area contributed by atoms with Crippen LogP contribution in [0.2, 0.25) is 0 Å². The number of hydrogen-bond acceptors (Lipinski definition) is 32. The third kappa shape index (κ3) is 35.8. The van der Waals surface area contributed by atoms with Crippen molar-refractivity contribution in [1.82, 2.24) is 0 Å². The summed E-state index contributed by atoms with van der Waals surface area (Å²) in [5.41, 5.74) is 0.317. The van der Waals surface area contributed by atoms with Crippen molar-refractivity contribution < 1.29 is 160 Å².